The molecule has 2 N–H and O–H groups in total. The van der Waals surface area contributed by atoms with Crippen molar-refractivity contribution in [2.75, 3.05) is 58.8 Å². The van der Waals surface area contributed by atoms with Gasteiger partial charge in [0.05, 0.1) is 30.6 Å². The summed E-state index contributed by atoms with van der Waals surface area (Å²) in [5, 5.41) is 11.7. The van der Waals surface area contributed by atoms with Crippen molar-refractivity contribution < 1.29 is 14.6 Å². The molecule has 2 heterocycles. The van der Waals surface area contributed by atoms with Crippen LogP contribution in [0.15, 0.2) is 77.8 Å². The van der Waals surface area contributed by atoms with E-state index in [0.29, 0.717) is 29.3 Å². The van der Waals surface area contributed by atoms with Crippen LogP contribution in [0.3, 0.4) is 0 Å². The summed E-state index contributed by atoms with van der Waals surface area (Å²) in [5.74, 6) is 0.800. The molecule has 196 valence electrons. The van der Waals surface area contributed by atoms with E-state index in [9.17, 15) is 9.90 Å². The number of anilines is 1. The lowest BCUT2D eigenvalue weighted by molar-refractivity contribution is -0.119. The third kappa shape index (κ3) is 5.41. The Morgan fingerprint density at radius 1 is 1.03 bits per heavy atom. The van der Waals surface area contributed by atoms with E-state index in [-0.39, 0.29) is 11.8 Å². The number of methoxy groups -OCH3 is 1. The van der Waals surface area contributed by atoms with E-state index in [2.05, 4.69) is 21.8 Å². The molecular weight excluding hydrogens is 478 g/mol. The van der Waals surface area contributed by atoms with Gasteiger partial charge in [0.2, 0.25) is 5.91 Å². The predicted octanol–water partition coefficient (Wildman–Crippen LogP) is 4.26. The Balaban J connectivity index is 1.44. The van der Waals surface area contributed by atoms with Gasteiger partial charge in [-0.1, -0.05) is 30.3 Å². The van der Waals surface area contributed by atoms with Crippen LogP contribution < -0.4 is 9.64 Å². The number of likely N-dealkylation sites (N-methyl/N-ethyl adjacent to an activating group) is 2. The maximum Gasteiger partial charge on any atom is 0.240 e. The fourth-order valence-electron chi connectivity index (χ4n) is 4.71. The van der Waals surface area contributed by atoms with Crippen LogP contribution in [0.5, 0.6) is 11.6 Å². The van der Waals surface area contributed by atoms with Crippen LogP contribution >= 0.6 is 0 Å². The number of piperazine rings is 1. The largest absolute Gasteiger partial charge is 0.497 e. The molecular formula is C30H33N5O3. The number of carbonyl (C=O) groups excluding carboxylic acids is 1. The number of nitrogens with one attached hydrogen (secondary N) is 1. The third-order valence-electron chi connectivity index (χ3n) is 7.08. The van der Waals surface area contributed by atoms with Gasteiger partial charge in [-0.3, -0.25) is 9.69 Å². The van der Waals surface area contributed by atoms with Crippen molar-refractivity contribution in [3.63, 3.8) is 0 Å². The van der Waals surface area contributed by atoms with Crippen LogP contribution in [-0.2, 0) is 4.79 Å². The van der Waals surface area contributed by atoms with E-state index in [4.69, 9.17) is 9.73 Å². The van der Waals surface area contributed by atoms with Crippen LogP contribution in [0, 0.1) is 0 Å². The zero-order chi connectivity index (χ0) is 26.6. The summed E-state index contributed by atoms with van der Waals surface area (Å²) in [6.45, 7) is 4.17. The monoisotopic (exact) mass is 511 g/mol. The molecule has 1 aromatic heterocycles. The lowest BCUT2D eigenvalue weighted by Crippen LogP contribution is -2.48. The molecule has 0 atom stereocenters. The molecule has 4 aromatic rings. The molecule has 1 fully saturated rings. The summed E-state index contributed by atoms with van der Waals surface area (Å²) in [4.78, 5) is 27.1. The van der Waals surface area contributed by atoms with Gasteiger partial charge >= 0.3 is 0 Å². The number of benzene rings is 3. The Hall–Kier alpha value is -4.14. The van der Waals surface area contributed by atoms with E-state index in [0.717, 1.165) is 48.3 Å². The second-order valence-corrected chi connectivity index (χ2v) is 9.64. The van der Waals surface area contributed by atoms with Crippen LogP contribution in [0.1, 0.15) is 11.1 Å². The first-order valence-corrected chi connectivity index (χ1v) is 12.7. The summed E-state index contributed by atoms with van der Waals surface area (Å²) >= 11 is 0. The van der Waals surface area contributed by atoms with Gasteiger partial charge in [-0.15, -0.1) is 0 Å². The molecule has 1 aliphatic rings. The first kappa shape index (κ1) is 25.5. The topological polar surface area (TPSA) is 84.4 Å². The summed E-state index contributed by atoms with van der Waals surface area (Å²) < 4.78 is 5.43. The van der Waals surface area contributed by atoms with E-state index in [1.807, 2.05) is 79.8 Å². The second kappa shape index (κ2) is 11.1. The fraction of sp³-hybridized carbons (Fsp3) is 0.267. The lowest BCUT2D eigenvalue weighted by atomic mass is 10.0. The van der Waals surface area contributed by atoms with Crippen molar-refractivity contribution in [1.82, 2.24) is 14.8 Å². The third-order valence-corrected chi connectivity index (χ3v) is 7.08. The molecule has 5 rings (SSSR count). The Morgan fingerprint density at radius 3 is 2.42 bits per heavy atom. The predicted molar refractivity (Wildman–Crippen MR) is 152 cm³/mol. The number of carbonyl (C=O) groups is 1. The van der Waals surface area contributed by atoms with Crippen LogP contribution in [0.2, 0.25) is 0 Å². The molecule has 1 saturated heterocycles. The van der Waals surface area contributed by atoms with E-state index >= 15 is 0 Å². The van der Waals surface area contributed by atoms with E-state index in [1.165, 1.54) is 0 Å². The summed E-state index contributed by atoms with van der Waals surface area (Å²) in [5.41, 5.74) is 4.42. The van der Waals surface area contributed by atoms with Crippen molar-refractivity contribution in [2.24, 2.45) is 4.99 Å². The molecule has 0 bridgehead atoms. The highest BCUT2D eigenvalue weighted by atomic mass is 16.5. The Bertz CT molecular complexity index is 1440. The number of aromatic nitrogens is 1. The minimum Gasteiger partial charge on any atom is -0.497 e. The lowest BCUT2D eigenvalue weighted by Gasteiger charge is -2.32. The van der Waals surface area contributed by atoms with Gasteiger partial charge < -0.3 is 24.6 Å². The number of hydrogen-bond donors (Lipinski definition) is 2. The molecule has 1 amide bonds. The summed E-state index contributed by atoms with van der Waals surface area (Å²) in [7, 11) is 5.53. The van der Waals surface area contributed by atoms with E-state index in [1.54, 1.807) is 12.0 Å². The van der Waals surface area contributed by atoms with Crippen molar-refractivity contribution in [3.05, 3.63) is 83.9 Å². The smallest absolute Gasteiger partial charge is 0.240 e. The minimum absolute atomic E-state index is 0.0433. The summed E-state index contributed by atoms with van der Waals surface area (Å²) in [6.07, 6.45) is 0. The number of nitrogens with zero attached hydrogens (tertiary/aromatic N) is 4. The zero-order valence-electron chi connectivity index (χ0n) is 22.0. The first-order chi connectivity index (χ1) is 18.4. The first-order valence-electron chi connectivity index (χ1n) is 12.7. The molecule has 0 saturated carbocycles. The van der Waals surface area contributed by atoms with Crippen LogP contribution in [-0.4, -0.2) is 85.4 Å². The molecule has 0 spiro atoms. The van der Waals surface area contributed by atoms with Crippen molar-refractivity contribution >= 4 is 33.9 Å². The average molecular weight is 512 g/mol. The fourth-order valence-corrected chi connectivity index (χ4v) is 4.71. The molecule has 0 radical (unpaired) electrons. The maximum atomic E-state index is 12.9. The number of aromatic hydroxyl groups is 1. The highest BCUT2D eigenvalue weighted by Crippen LogP contribution is 2.34. The normalized spacial score (nSPS) is 15.1. The van der Waals surface area contributed by atoms with Gasteiger partial charge in [0.25, 0.3) is 0 Å². The number of aromatic amines is 1. The minimum atomic E-state index is 0.0433. The molecule has 0 unspecified atom stereocenters. The number of H-pyrrole nitrogens is 1. The van der Waals surface area contributed by atoms with Gasteiger partial charge in [0.1, 0.15) is 5.75 Å². The standard InChI is InChI=1S/C30H33N5O3/c1-33-15-17-35(18-16-33)20-27(36)34(2)23-11-9-22(10-12-23)31-29(21-7-5-4-6-8-21)28-25-19-24(38-3)13-14-26(25)32-30(28)37/h4-14,19,32,37H,15-18,20H2,1-3H3. The molecule has 3 aromatic carbocycles. The van der Waals surface area contributed by atoms with Crippen molar-refractivity contribution in [2.45, 2.75) is 0 Å². The van der Waals surface area contributed by atoms with Gasteiger partial charge in [-0.05, 0) is 49.5 Å². The average Bonchev–Trinajstić information content (AvgIpc) is 3.27. The number of amides is 1. The zero-order valence-corrected chi connectivity index (χ0v) is 22.0. The van der Waals surface area contributed by atoms with Crippen LogP contribution in [0.4, 0.5) is 11.4 Å². The molecule has 0 aliphatic carbocycles. The Morgan fingerprint density at radius 2 is 1.74 bits per heavy atom. The van der Waals surface area contributed by atoms with Gasteiger partial charge in [0.15, 0.2) is 5.88 Å². The Labute approximate surface area is 222 Å². The summed E-state index contributed by atoms with van der Waals surface area (Å²) in [6, 6.07) is 23.0. The Kier molecular flexibility index (Phi) is 7.44. The van der Waals surface area contributed by atoms with Gasteiger partial charge in [-0.25, -0.2) is 4.99 Å². The number of rotatable bonds is 7. The van der Waals surface area contributed by atoms with Crippen molar-refractivity contribution in [1.29, 1.82) is 0 Å². The quantitative estimate of drug-likeness (QED) is 0.362. The second-order valence-electron chi connectivity index (χ2n) is 9.64. The van der Waals surface area contributed by atoms with Crippen molar-refractivity contribution in [3.8, 4) is 11.6 Å². The molecule has 8 nitrogen and oxygen atoms in total. The highest BCUT2D eigenvalue weighted by molar-refractivity contribution is 6.22. The number of ether oxygens (including phenoxy) is 1. The van der Waals surface area contributed by atoms with Gasteiger partial charge in [-0.2, -0.15) is 0 Å². The molecule has 1 aliphatic heterocycles. The van der Waals surface area contributed by atoms with Gasteiger partial charge in [0, 0.05) is 55.4 Å². The van der Waals surface area contributed by atoms with E-state index < -0.39 is 0 Å². The maximum absolute atomic E-state index is 12.9. The molecule has 38 heavy (non-hydrogen) atoms. The number of hydrogen-bond acceptors (Lipinski definition) is 6. The number of aliphatic imine (C=N–C) groups is 1. The number of fused-ring (bicyclic) bond motifs is 1. The molecule has 8 heteroatoms. The van der Waals surface area contributed by atoms with Crippen LogP contribution in [0.25, 0.3) is 10.9 Å². The SMILES string of the molecule is COc1ccc2[nH]c(O)c(C(=Nc3ccc(N(C)C(=O)CN4CCN(C)CC4)cc3)c3ccccc3)c2c1. The highest BCUT2D eigenvalue weighted by Gasteiger charge is 2.21.